The molecule has 0 atom stereocenters. The lowest BCUT2D eigenvalue weighted by atomic mass is 10.2. The van der Waals surface area contributed by atoms with Crippen molar-refractivity contribution < 1.29 is 18.3 Å². The molecule has 6 nitrogen and oxygen atoms in total. The number of hydrogen-bond acceptors (Lipinski definition) is 5. The van der Waals surface area contributed by atoms with Crippen molar-refractivity contribution in [3.63, 3.8) is 0 Å². The van der Waals surface area contributed by atoms with E-state index in [1.54, 1.807) is 48.5 Å². The average molecular weight is 444 g/mol. The number of anilines is 1. The summed E-state index contributed by atoms with van der Waals surface area (Å²) in [7, 11) is 0. The summed E-state index contributed by atoms with van der Waals surface area (Å²) in [5.41, 5.74) is 0.676. The highest BCUT2D eigenvalue weighted by atomic mass is 35.5. The number of benzene rings is 3. The van der Waals surface area contributed by atoms with Gasteiger partial charge in [-0.05, 0) is 42.5 Å². The van der Waals surface area contributed by atoms with Crippen LogP contribution in [0, 0.1) is 5.82 Å². The maximum Gasteiger partial charge on any atom is 0.322 e. The van der Waals surface area contributed by atoms with Crippen LogP contribution in [0.25, 0.3) is 11.5 Å². The Morgan fingerprint density at radius 2 is 1.83 bits per heavy atom. The molecule has 0 aliphatic rings. The van der Waals surface area contributed by atoms with E-state index in [2.05, 4.69) is 15.5 Å². The second-order valence-electron chi connectivity index (χ2n) is 6.05. The monoisotopic (exact) mass is 443 g/mol. The highest BCUT2D eigenvalue weighted by Gasteiger charge is 2.18. The van der Waals surface area contributed by atoms with Gasteiger partial charge in [-0.2, -0.15) is 0 Å². The molecule has 0 radical (unpaired) electrons. The van der Waals surface area contributed by atoms with Crippen LogP contribution in [-0.4, -0.2) is 16.1 Å². The van der Waals surface area contributed by atoms with E-state index in [9.17, 15) is 9.18 Å². The lowest BCUT2D eigenvalue weighted by Gasteiger charge is -2.10. The van der Waals surface area contributed by atoms with Crippen molar-refractivity contribution in [2.45, 2.75) is 0 Å². The van der Waals surface area contributed by atoms with Crippen molar-refractivity contribution in [1.29, 1.82) is 0 Å². The van der Waals surface area contributed by atoms with Crippen LogP contribution in [0.5, 0.6) is 11.5 Å². The summed E-state index contributed by atoms with van der Waals surface area (Å²) in [6.07, 6.45) is 0. The van der Waals surface area contributed by atoms with Gasteiger partial charge in [0.05, 0.1) is 16.1 Å². The predicted octanol–water partition coefficient (Wildman–Crippen LogP) is 6.23. The van der Waals surface area contributed by atoms with Gasteiger partial charge in [-0.1, -0.05) is 46.5 Å². The Morgan fingerprint density at radius 1 is 1.00 bits per heavy atom. The van der Waals surface area contributed by atoms with Crippen LogP contribution in [0.3, 0.4) is 0 Å². The van der Waals surface area contributed by atoms with Gasteiger partial charge < -0.3 is 9.15 Å². The second kappa shape index (κ2) is 8.52. The fraction of sp³-hybridized carbons (Fsp3) is 0. The summed E-state index contributed by atoms with van der Waals surface area (Å²) < 4.78 is 24.5. The van der Waals surface area contributed by atoms with Crippen LogP contribution < -0.4 is 10.1 Å². The molecule has 3 aromatic carbocycles. The molecule has 0 aliphatic carbocycles. The summed E-state index contributed by atoms with van der Waals surface area (Å²) in [5.74, 6) is -0.377. The topological polar surface area (TPSA) is 77.3 Å². The summed E-state index contributed by atoms with van der Waals surface area (Å²) in [4.78, 5) is 12.7. The minimum absolute atomic E-state index is 0.122. The molecule has 1 amide bonds. The van der Waals surface area contributed by atoms with E-state index in [1.165, 1.54) is 18.2 Å². The molecular formula is C21H12Cl2FN3O3. The van der Waals surface area contributed by atoms with E-state index in [0.29, 0.717) is 15.6 Å². The molecule has 0 unspecified atom stereocenters. The maximum atomic E-state index is 13.4. The number of aromatic nitrogens is 2. The Balaban J connectivity index is 1.54. The number of amides is 1. The van der Waals surface area contributed by atoms with Crippen LogP contribution >= 0.6 is 23.2 Å². The summed E-state index contributed by atoms with van der Waals surface area (Å²) >= 11 is 12.0. The first-order chi connectivity index (χ1) is 14.5. The Kier molecular flexibility index (Phi) is 5.65. The van der Waals surface area contributed by atoms with Crippen molar-refractivity contribution in [2.24, 2.45) is 0 Å². The van der Waals surface area contributed by atoms with E-state index in [0.717, 1.165) is 0 Å². The minimum Gasteiger partial charge on any atom is -0.456 e. The van der Waals surface area contributed by atoms with Gasteiger partial charge in [-0.15, -0.1) is 5.10 Å². The average Bonchev–Trinajstić information content (AvgIpc) is 3.16. The van der Waals surface area contributed by atoms with Gasteiger partial charge in [0.25, 0.3) is 11.8 Å². The number of rotatable bonds is 5. The zero-order valence-electron chi connectivity index (χ0n) is 15.1. The molecule has 9 heteroatoms. The van der Waals surface area contributed by atoms with Gasteiger partial charge in [0.15, 0.2) is 0 Å². The van der Waals surface area contributed by atoms with E-state index in [4.69, 9.17) is 32.4 Å². The molecule has 4 aromatic rings. The molecule has 30 heavy (non-hydrogen) atoms. The fourth-order valence-electron chi connectivity index (χ4n) is 2.61. The Labute approximate surface area is 180 Å². The molecule has 0 fully saturated rings. The number of carbonyl (C=O) groups excluding carboxylic acids is 1. The first-order valence-corrected chi connectivity index (χ1v) is 9.38. The third kappa shape index (κ3) is 4.42. The predicted molar refractivity (Wildman–Crippen MR) is 111 cm³/mol. The van der Waals surface area contributed by atoms with Gasteiger partial charge in [0.1, 0.15) is 17.3 Å². The van der Waals surface area contributed by atoms with Gasteiger partial charge in [-0.25, -0.2) is 4.39 Å². The normalized spacial score (nSPS) is 10.6. The zero-order chi connectivity index (χ0) is 21.1. The molecule has 0 aliphatic heterocycles. The number of para-hydroxylation sites is 1. The van der Waals surface area contributed by atoms with E-state index >= 15 is 0 Å². The molecule has 0 spiro atoms. The highest BCUT2D eigenvalue weighted by molar-refractivity contribution is 6.36. The Morgan fingerprint density at radius 3 is 2.63 bits per heavy atom. The van der Waals surface area contributed by atoms with Crippen LogP contribution in [0.4, 0.5) is 10.4 Å². The van der Waals surface area contributed by atoms with E-state index < -0.39 is 11.7 Å². The molecule has 1 aromatic heterocycles. The molecule has 0 bridgehead atoms. The molecular weight excluding hydrogens is 432 g/mol. The lowest BCUT2D eigenvalue weighted by Crippen LogP contribution is -2.13. The third-order valence-electron chi connectivity index (χ3n) is 3.96. The van der Waals surface area contributed by atoms with Crippen molar-refractivity contribution >= 4 is 35.1 Å². The summed E-state index contributed by atoms with van der Waals surface area (Å²) in [5, 5.41) is 11.0. The second-order valence-corrected chi connectivity index (χ2v) is 6.89. The van der Waals surface area contributed by atoms with E-state index in [-0.39, 0.29) is 29.0 Å². The van der Waals surface area contributed by atoms with Crippen molar-refractivity contribution in [2.75, 3.05) is 5.32 Å². The van der Waals surface area contributed by atoms with E-state index in [1.807, 2.05) is 0 Å². The number of ether oxygens (including phenoxy) is 1. The summed E-state index contributed by atoms with van der Waals surface area (Å²) in [6, 6.07) is 16.8. The highest BCUT2D eigenvalue weighted by Crippen LogP contribution is 2.31. The van der Waals surface area contributed by atoms with Crippen LogP contribution in [0.1, 0.15) is 10.4 Å². The maximum absolute atomic E-state index is 13.4. The SMILES string of the molecule is O=C(Nc1nnc(-c2ccc(Cl)cc2Cl)o1)c1ccccc1Oc1cccc(F)c1. The quantitative estimate of drug-likeness (QED) is 0.395. The standard InChI is InChI=1S/C21H12Cl2FN3O3/c22-12-8-9-15(17(23)10-12)20-26-27-21(30-20)25-19(28)16-6-1-2-7-18(16)29-14-5-3-4-13(24)11-14/h1-11H,(H,25,27,28). The van der Waals surface area contributed by atoms with Crippen molar-refractivity contribution in [3.05, 3.63) is 88.2 Å². The zero-order valence-corrected chi connectivity index (χ0v) is 16.6. The first-order valence-electron chi connectivity index (χ1n) is 8.62. The Hall–Kier alpha value is -3.42. The molecule has 1 heterocycles. The smallest absolute Gasteiger partial charge is 0.322 e. The number of nitrogens with zero attached hydrogens (tertiary/aromatic N) is 2. The third-order valence-corrected chi connectivity index (χ3v) is 4.51. The molecule has 1 N–H and O–H groups in total. The number of carbonyl (C=O) groups is 1. The number of nitrogens with one attached hydrogen (secondary N) is 1. The number of hydrogen-bond donors (Lipinski definition) is 1. The molecule has 150 valence electrons. The van der Waals surface area contributed by atoms with Gasteiger partial charge in [0, 0.05) is 11.1 Å². The molecule has 4 rings (SSSR count). The number of halogens is 3. The Bertz CT molecular complexity index is 1230. The van der Waals surface area contributed by atoms with Gasteiger partial charge in [-0.3, -0.25) is 10.1 Å². The minimum atomic E-state index is -0.542. The molecule has 0 saturated heterocycles. The van der Waals surface area contributed by atoms with Crippen LogP contribution in [0.15, 0.2) is 71.1 Å². The fourth-order valence-corrected chi connectivity index (χ4v) is 3.10. The molecule has 0 saturated carbocycles. The van der Waals surface area contributed by atoms with Gasteiger partial charge in [0.2, 0.25) is 0 Å². The summed E-state index contributed by atoms with van der Waals surface area (Å²) in [6.45, 7) is 0. The van der Waals surface area contributed by atoms with Crippen LogP contribution in [0.2, 0.25) is 10.0 Å². The van der Waals surface area contributed by atoms with Crippen molar-refractivity contribution in [3.8, 4) is 23.0 Å². The van der Waals surface area contributed by atoms with Crippen molar-refractivity contribution in [1.82, 2.24) is 10.2 Å². The first kappa shape index (κ1) is 19.9. The lowest BCUT2D eigenvalue weighted by molar-refractivity contribution is 0.102. The largest absolute Gasteiger partial charge is 0.456 e. The van der Waals surface area contributed by atoms with Crippen LogP contribution in [-0.2, 0) is 0 Å². The van der Waals surface area contributed by atoms with Gasteiger partial charge >= 0.3 is 6.01 Å².